The zero-order valence-corrected chi connectivity index (χ0v) is 21.1. The number of aromatic hydroxyl groups is 3. The average Bonchev–Trinajstić information content (AvgIpc) is 2.90. The first-order valence-corrected chi connectivity index (χ1v) is 13.0. The lowest BCUT2D eigenvalue weighted by Gasteiger charge is -1.97. The average molecular weight is 531 g/mol. The van der Waals surface area contributed by atoms with Crippen molar-refractivity contribution in [3.63, 3.8) is 0 Å². The molecular formula is C30H27O7P. The Kier molecular flexibility index (Phi) is 9.82. The Labute approximate surface area is 219 Å². The van der Waals surface area contributed by atoms with E-state index < -0.39 is 7.82 Å². The number of phosphoric acid groups is 1. The van der Waals surface area contributed by atoms with Crippen molar-refractivity contribution >= 4 is 40.1 Å². The number of fused-ring (bicyclic) bond motifs is 3. The lowest BCUT2D eigenvalue weighted by Crippen LogP contribution is -1.70. The van der Waals surface area contributed by atoms with E-state index in [4.69, 9.17) is 19.2 Å². The number of benzene rings is 6. The lowest BCUT2D eigenvalue weighted by atomic mass is 10.1. The van der Waals surface area contributed by atoms with Crippen molar-refractivity contribution in [2.45, 2.75) is 0 Å². The summed E-state index contributed by atoms with van der Waals surface area (Å²) >= 11 is 0. The van der Waals surface area contributed by atoms with E-state index in [1.54, 1.807) is 18.2 Å². The number of rotatable bonds is 0. The highest BCUT2D eigenvalue weighted by molar-refractivity contribution is 7.45. The molecule has 6 rings (SSSR count). The third-order valence-corrected chi connectivity index (χ3v) is 5.30. The summed E-state index contributed by atoms with van der Waals surface area (Å²) in [7, 11) is -4.64. The Morgan fingerprint density at radius 3 is 0.816 bits per heavy atom. The van der Waals surface area contributed by atoms with Gasteiger partial charge in [0.15, 0.2) is 0 Å². The molecule has 0 atom stereocenters. The second-order valence-electron chi connectivity index (χ2n) is 8.01. The maximum absolute atomic E-state index is 9.37. The van der Waals surface area contributed by atoms with Crippen molar-refractivity contribution in [1.82, 2.24) is 0 Å². The highest BCUT2D eigenvalue weighted by Gasteiger charge is 2.00. The van der Waals surface area contributed by atoms with Gasteiger partial charge in [-0.25, -0.2) is 4.57 Å². The summed E-state index contributed by atoms with van der Waals surface area (Å²) in [5.74, 6) is 1.05. The van der Waals surface area contributed by atoms with Gasteiger partial charge < -0.3 is 30.0 Å². The number of phenols is 3. The van der Waals surface area contributed by atoms with Gasteiger partial charge in [0.2, 0.25) is 0 Å². The van der Waals surface area contributed by atoms with Crippen LogP contribution in [0.2, 0.25) is 0 Å². The maximum Gasteiger partial charge on any atom is 0.466 e. The van der Waals surface area contributed by atoms with E-state index in [0.717, 1.165) is 32.3 Å². The first kappa shape index (κ1) is 28.2. The van der Waals surface area contributed by atoms with E-state index in [1.165, 1.54) is 0 Å². The van der Waals surface area contributed by atoms with Gasteiger partial charge in [-0.2, -0.15) is 0 Å². The quantitative estimate of drug-likeness (QED) is 0.120. The molecule has 0 aliphatic heterocycles. The number of hydrogen-bond acceptors (Lipinski definition) is 4. The van der Waals surface area contributed by atoms with Gasteiger partial charge >= 0.3 is 7.82 Å². The van der Waals surface area contributed by atoms with Crippen LogP contribution in [0, 0.1) is 0 Å². The van der Waals surface area contributed by atoms with Crippen LogP contribution in [-0.4, -0.2) is 30.0 Å². The Balaban J connectivity index is 0.000000145. The van der Waals surface area contributed by atoms with Crippen LogP contribution < -0.4 is 0 Å². The van der Waals surface area contributed by atoms with Gasteiger partial charge in [0, 0.05) is 16.2 Å². The standard InChI is InChI=1S/3C10H8O.H3O4P/c3*11-10-7-3-5-8-4-1-2-6-9(8)10;1-5(2,3)4/h3*1-7,11H;(H3,1,2,3,4). The van der Waals surface area contributed by atoms with Crippen molar-refractivity contribution in [3.8, 4) is 17.2 Å². The Morgan fingerprint density at radius 1 is 0.368 bits per heavy atom. The monoisotopic (exact) mass is 530 g/mol. The fraction of sp³-hybridized carbons (Fsp3) is 0. The van der Waals surface area contributed by atoms with E-state index in [-0.39, 0.29) is 0 Å². The summed E-state index contributed by atoms with van der Waals surface area (Å²) < 4.78 is 8.88. The van der Waals surface area contributed by atoms with Gasteiger partial charge in [0.25, 0.3) is 0 Å². The first-order valence-electron chi connectivity index (χ1n) is 11.4. The summed E-state index contributed by atoms with van der Waals surface area (Å²) in [5, 5.41) is 34.1. The molecule has 0 aliphatic carbocycles. The van der Waals surface area contributed by atoms with E-state index in [1.807, 2.05) is 109 Å². The molecule has 6 N–H and O–H groups in total. The fourth-order valence-corrected chi connectivity index (χ4v) is 3.62. The second-order valence-corrected chi connectivity index (χ2v) is 9.03. The highest BCUT2D eigenvalue weighted by Crippen LogP contribution is 2.26. The minimum Gasteiger partial charge on any atom is -0.507 e. The van der Waals surface area contributed by atoms with Gasteiger partial charge in [-0.05, 0) is 34.4 Å². The minimum absolute atomic E-state index is 0.350. The SMILES string of the molecule is O=P(O)(O)O.Oc1cccc2ccccc12.Oc1cccc2ccccc12.Oc1cccc2ccccc12. The molecule has 0 radical (unpaired) electrons. The topological polar surface area (TPSA) is 138 Å². The minimum atomic E-state index is -4.64. The van der Waals surface area contributed by atoms with E-state index in [9.17, 15) is 15.3 Å². The molecule has 0 amide bonds. The lowest BCUT2D eigenvalue weighted by molar-refractivity contribution is 0.275. The Morgan fingerprint density at radius 2 is 0.579 bits per heavy atom. The molecule has 194 valence electrons. The van der Waals surface area contributed by atoms with Gasteiger partial charge in [-0.3, -0.25) is 0 Å². The zero-order valence-electron chi connectivity index (χ0n) is 20.2. The third kappa shape index (κ3) is 8.62. The van der Waals surface area contributed by atoms with Crippen LogP contribution in [0.5, 0.6) is 17.2 Å². The van der Waals surface area contributed by atoms with E-state index in [0.29, 0.717) is 17.2 Å². The zero-order chi connectivity index (χ0) is 27.5. The van der Waals surface area contributed by atoms with Crippen LogP contribution >= 0.6 is 7.82 Å². The van der Waals surface area contributed by atoms with Crippen molar-refractivity contribution in [2.75, 3.05) is 0 Å². The molecule has 0 bridgehead atoms. The first-order chi connectivity index (χ1) is 18.1. The summed E-state index contributed by atoms with van der Waals surface area (Å²) in [6.45, 7) is 0. The van der Waals surface area contributed by atoms with Gasteiger partial charge in [0.05, 0.1) is 0 Å². The van der Waals surface area contributed by atoms with Crippen molar-refractivity contribution < 1.29 is 34.6 Å². The van der Waals surface area contributed by atoms with E-state index >= 15 is 0 Å². The number of phenolic OH excluding ortho intramolecular Hbond substituents is 3. The third-order valence-electron chi connectivity index (χ3n) is 5.30. The van der Waals surface area contributed by atoms with Crippen LogP contribution in [0.1, 0.15) is 0 Å². The summed E-state index contributed by atoms with van der Waals surface area (Å²) in [6.07, 6.45) is 0. The molecule has 6 aromatic rings. The molecular weight excluding hydrogens is 503 g/mol. The molecule has 8 heteroatoms. The van der Waals surface area contributed by atoms with Crippen LogP contribution in [-0.2, 0) is 4.57 Å². The van der Waals surface area contributed by atoms with Crippen LogP contribution in [0.3, 0.4) is 0 Å². The van der Waals surface area contributed by atoms with Crippen LogP contribution in [0.25, 0.3) is 32.3 Å². The largest absolute Gasteiger partial charge is 0.507 e. The second kappa shape index (κ2) is 13.2. The molecule has 0 aliphatic rings. The van der Waals surface area contributed by atoms with Crippen LogP contribution in [0.15, 0.2) is 127 Å². The maximum atomic E-state index is 9.37. The molecule has 0 fully saturated rings. The molecule has 7 nitrogen and oxygen atoms in total. The predicted molar refractivity (Wildman–Crippen MR) is 151 cm³/mol. The summed E-state index contributed by atoms with van der Waals surface area (Å²) in [6, 6.07) is 39.9. The normalized spacial score (nSPS) is 10.4. The molecule has 0 aromatic heterocycles. The van der Waals surface area contributed by atoms with Gasteiger partial charge in [-0.15, -0.1) is 0 Å². The van der Waals surface area contributed by atoms with Crippen molar-refractivity contribution in [1.29, 1.82) is 0 Å². The van der Waals surface area contributed by atoms with Gasteiger partial charge in [-0.1, -0.05) is 109 Å². The van der Waals surface area contributed by atoms with E-state index in [2.05, 4.69) is 0 Å². The molecule has 0 saturated heterocycles. The fourth-order valence-electron chi connectivity index (χ4n) is 3.62. The smallest absolute Gasteiger partial charge is 0.466 e. The molecule has 38 heavy (non-hydrogen) atoms. The summed E-state index contributed by atoms with van der Waals surface area (Å²) in [5.41, 5.74) is 0. The highest BCUT2D eigenvalue weighted by atomic mass is 31.2. The Bertz CT molecular complexity index is 1470. The van der Waals surface area contributed by atoms with Crippen LogP contribution in [0.4, 0.5) is 0 Å². The number of hydrogen-bond donors (Lipinski definition) is 6. The molecule has 0 heterocycles. The molecule has 6 aromatic carbocycles. The molecule has 0 saturated carbocycles. The summed E-state index contributed by atoms with van der Waals surface area (Å²) in [4.78, 5) is 21.6. The molecule has 0 spiro atoms. The Hall–Kier alpha value is -4.39. The van der Waals surface area contributed by atoms with Crippen molar-refractivity contribution in [3.05, 3.63) is 127 Å². The van der Waals surface area contributed by atoms with Crippen molar-refractivity contribution in [2.24, 2.45) is 0 Å². The predicted octanol–water partition coefficient (Wildman–Crippen LogP) is 6.71. The van der Waals surface area contributed by atoms with Gasteiger partial charge in [0.1, 0.15) is 17.2 Å². The molecule has 0 unspecified atom stereocenters.